The fraction of sp³-hybridized carbons (Fsp3) is 0.690. The molecule has 3 fully saturated rings. The molecule has 0 amide bonds. The third-order valence-corrected chi connectivity index (χ3v) is 10.3. The number of rotatable bonds is 3. The molecule has 1 aromatic rings. The van der Waals surface area contributed by atoms with Gasteiger partial charge in [0.25, 0.3) is 0 Å². The van der Waals surface area contributed by atoms with Gasteiger partial charge in [-0.2, -0.15) is 0 Å². The third kappa shape index (κ3) is 3.47. The predicted molar refractivity (Wildman–Crippen MR) is 127 cm³/mol. The van der Waals surface area contributed by atoms with E-state index in [1.54, 1.807) is 0 Å². The van der Waals surface area contributed by atoms with Crippen molar-refractivity contribution in [2.45, 2.75) is 90.8 Å². The van der Waals surface area contributed by atoms with Gasteiger partial charge in [0.1, 0.15) is 6.10 Å². The number of benzene rings is 1. The first-order valence-corrected chi connectivity index (χ1v) is 12.8. The first-order valence-electron chi connectivity index (χ1n) is 12.8. The lowest BCUT2D eigenvalue weighted by molar-refractivity contribution is -0.0804. The number of hydrogen-bond donors (Lipinski definition) is 1. The summed E-state index contributed by atoms with van der Waals surface area (Å²) in [4.78, 5) is 12.7. The van der Waals surface area contributed by atoms with Crippen LogP contribution in [0.4, 0.5) is 0 Å². The number of ether oxygens (including phenoxy) is 1. The summed E-state index contributed by atoms with van der Waals surface area (Å²) in [5.74, 6) is 2.42. The number of fused-ring (bicyclic) bond motifs is 5. The highest BCUT2D eigenvalue weighted by atomic mass is 16.5. The van der Waals surface area contributed by atoms with Crippen molar-refractivity contribution >= 4 is 5.97 Å². The average molecular weight is 437 g/mol. The molecule has 4 aliphatic carbocycles. The van der Waals surface area contributed by atoms with E-state index in [1.807, 2.05) is 37.3 Å². The van der Waals surface area contributed by atoms with Crippen molar-refractivity contribution in [3.05, 3.63) is 47.5 Å². The molecular formula is C29H40O3. The number of carbonyl (C=O) groups is 1. The molecule has 0 aliphatic heterocycles. The second kappa shape index (κ2) is 7.72. The Labute approximate surface area is 193 Å². The molecule has 0 aromatic heterocycles. The fourth-order valence-electron chi connectivity index (χ4n) is 8.51. The lowest BCUT2D eigenvalue weighted by Crippen LogP contribution is -2.52. The zero-order valence-electron chi connectivity index (χ0n) is 20.3. The molecule has 0 bridgehead atoms. The van der Waals surface area contributed by atoms with Crippen LogP contribution in [0.1, 0.15) is 89.4 Å². The number of esters is 1. The van der Waals surface area contributed by atoms with Crippen LogP contribution in [-0.2, 0) is 4.74 Å². The van der Waals surface area contributed by atoms with Crippen molar-refractivity contribution in [2.75, 3.05) is 0 Å². The smallest absolute Gasteiger partial charge is 0.338 e. The van der Waals surface area contributed by atoms with Gasteiger partial charge in [-0.1, -0.05) is 43.7 Å². The molecule has 1 N–H and O–H groups in total. The van der Waals surface area contributed by atoms with Gasteiger partial charge >= 0.3 is 5.97 Å². The van der Waals surface area contributed by atoms with E-state index < -0.39 is 5.60 Å². The molecule has 174 valence electrons. The van der Waals surface area contributed by atoms with Crippen molar-refractivity contribution in [1.29, 1.82) is 0 Å². The Bertz CT molecular complexity index is 902. The first-order chi connectivity index (χ1) is 15.1. The standard InChI is InChI=1S/C29H40O3/c1-19(32-26(30)20-8-6-5-7-9-20)23-12-13-24-22-11-10-21-18-27(2,31)16-17-28(21,3)25(22)14-15-29(23,24)4/h5-10,19,22-25,31H,11-18H2,1-4H3/t19?,22-,23+,24-,25-,27-,28-,29+/m0/s1. The summed E-state index contributed by atoms with van der Waals surface area (Å²) < 4.78 is 6.02. The second-order valence-electron chi connectivity index (χ2n) is 12.1. The highest BCUT2D eigenvalue weighted by Gasteiger charge is 2.60. The van der Waals surface area contributed by atoms with Crippen molar-refractivity contribution in [3.8, 4) is 0 Å². The van der Waals surface area contributed by atoms with Gasteiger partial charge in [-0.05, 0) is 106 Å². The minimum atomic E-state index is -0.530. The van der Waals surface area contributed by atoms with E-state index in [9.17, 15) is 9.90 Å². The number of allylic oxidation sites excluding steroid dienone is 1. The van der Waals surface area contributed by atoms with Crippen LogP contribution in [0, 0.1) is 34.5 Å². The maximum Gasteiger partial charge on any atom is 0.338 e. The quantitative estimate of drug-likeness (QED) is 0.431. The van der Waals surface area contributed by atoms with E-state index in [4.69, 9.17) is 4.74 Å². The van der Waals surface area contributed by atoms with Gasteiger partial charge in [0.05, 0.1) is 11.2 Å². The Balaban J connectivity index is 1.34. The summed E-state index contributed by atoms with van der Waals surface area (Å²) >= 11 is 0. The van der Waals surface area contributed by atoms with Crippen molar-refractivity contribution in [3.63, 3.8) is 0 Å². The molecule has 1 aromatic carbocycles. The summed E-state index contributed by atoms with van der Waals surface area (Å²) in [5.41, 5.74) is 2.15. The molecule has 3 heteroatoms. The van der Waals surface area contributed by atoms with Crippen LogP contribution in [0.5, 0.6) is 0 Å². The Morgan fingerprint density at radius 2 is 1.78 bits per heavy atom. The van der Waals surface area contributed by atoms with Crippen LogP contribution >= 0.6 is 0 Å². The molecule has 0 heterocycles. The van der Waals surface area contributed by atoms with Crippen LogP contribution in [0.25, 0.3) is 0 Å². The van der Waals surface area contributed by atoms with Crippen LogP contribution in [0.3, 0.4) is 0 Å². The van der Waals surface area contributed by atoms with Crippen molar-refractivity contribution in [2.24, 2.45) is 34.5 Å². The van der Waals surface area contributed by atoms with Gasteiger partial charge in [0.15, 0.2) is 0 Å². The van der Waals surface area contributed by atoms with Crippen LogP contribution in [0.15, 0.2) is 42.0 Å². The van der Waals surface area contributed by atoms with Crippen LogP contribution in [0.2, 0.25) is 0 Å². The molecule has 5 rings (SSSR count). The van der Waals surface area contributed by atoms with Gasteiger partial charge < -0.3 is 9.84 Å². The highest BCUT2D eigenvalue weighted by Crippen LogP contribution is 2.67. The molecule has 0 spiro atoms. The molecule has 3 nitrogen and oxygen atoms in total. The SMILES string of the molecule is CC(OC(=O)c1ccccc1)[C@H]1CC[C@H]2[C@@H]3CC=C4C[C@@](C)(O)CC[C@]4(C)[C@H]3CC[C@]12C. The average Bonchev–Trinajstić information content (AvgIpc) is 3.12. The molecule has 0 radical (unpaired) electrons. The second-order valence-corrected chi connectivity index (χ2v) is 12.1. The molecular weight excluding hydrogens is 396 g/mol. The zero-order chi connectivity index (χ0) is 22.7. The number of aliphatic hydroxyl groups is 1. The molecule has 0 saturated heterocycles. The summed E-state index contributed by atoms with van der Waals surface area (Å²) in [7, 11) is 0. The summed E-state index contributed by atoms with van der Waals surface area (Å²) in [6.07, 6.45) is 11.4. The van der Waals surface area contributed by atoms with E-state index in [2.05, 4.69) is 26.8 Å². The lowest BCUT2D eigenvalue weighted by Gasteiger charge is -2.59. The summed E-state index contributed by atoms with van der Waals surface area (Å²) in [5, 5.41) is 10.7. The fourth-order valence-corrected chi connectivity index (χ4v) is 8.51. The van der Waals surface area contributed by atoms with Gasteiger partial charge in [0, 0.05) is 5.92 Å². The Morgan fingerprint density at radius 3 is 2.53 bits per heavy atom. The van der Waals surface area contributed by atoms with E-state index in [0.29, 0.717) is 17.4 Å². The van der Waals surface area contributed by atoms with E-state index in [0.717, 1.165) is 43.9 Å². The van der Waals surface area contributed by atoms with Crippen LogP contribution < -0.4 is 0 Å². The summed E-state index contributed by atoms with van der Waals surface area (Å²) in [6, 6.07) is 9.40. The van der Waals surface area contributed by atoms with Crippen LogP contribution in [-0.4, -0.2) is 22.8 Å². The number of hydrogen-bond acceptors (Lipinski definition) is 3. The molecule has 32 heavy (non-hydrogen) atoms. The van der Waals surface area contributed by atoms with Gasteiger partial charge in [-0.25, -0.2) is 4.79 Å². The highest BCUT2D eigenvalue weighted by molar-refractivity contribution is 5.89. The van der Waals surface area contributed by atoms with Gasteiger partial charge in [0.2, 0.25) is 0 Å². The normalized spacial score (nSPS) is 44.0. The molecule has 8 atom stereocenters. The largest absolute Gasteiger partial charge is 0.459 e. The number of carbonyl (C=O) groups excluding carboxylic acids is 1. The minimum Gasteiger partial charge on any atom is -0.459 e. The van der Waals surface area contributed by atoms with E-state index in [-0.39, 0.29) is 22.9 Å². The first kappa shape index (κ1) is 22.2. The third-order valence-electron chi connectivity index (χ3n) is 10.3. The molecule has 3 saturated carbocycles. The molecule has 1 unspecified atom stereocenters. The van der Waals surface area contributed by atoms with Crippen molar-refractivity contribution in [1.82, 2.24) is 0 Å². The topological polar surface area (TPSA) is 46.5 Å². The Morgan fingerprint density at radius 1 is 1.03 bits per heavy atom. The predicted octanol–water partition coefficient (Wildman–Crippen LogP) is 6.56. The summed E-state index contributed by atoms with van der Waals surface area (Å²) in [6.45, 7) is 9.11. The van der Waals surface area contributed by atoms with Gasteiger partial charge in [-0.15, -0.1) is 0 Å². The van der Waals surface area contributed by atoms with Gasteiger partial charge in [-0.3, -0.25) is 0 Å². The monoisotopic (exact) mass is 436 g/mol. The zero-order valence-corrected chi connectivity index (χ0v) is 20.3. The maximum absolute atomic E-state index is 12.7. The molecule has 4 aliphatic rings. The van der Waals surface area contributed by atoms with Crippen molar-refractivity contribution < 1.29 is 14.6 Å². The minimum absolute atomic E-state index is 0.0516. The van der Waals surface area contributed by atoms with E-state index in [1.165, 1.54) is 24.8 Å². The Kier molecular flexibility index (Phi) is 5.36. The lowest BCUT2D eigenvalue weighted by atomic mass is 9.46. The van der Waals surface area contributed by atoms with E-state index >= 15 is 0 Å². The maximum atomic E-state index is 12.7. The Hall–Kier alpha value is -1.61.